The van der Waals surface area contributed by atoms with Gasteiger partial charge in [0.25, 0.3) is 0 Å². The summed E-state index contributed by atoms with van der Waals surface area (Å²) < 4.78 is 0. The van der Waals surface area contributed by atoms with Crippen LogP contribution in [-0.2, 0) is 0 Å². The van der Waals surface area contributed by atoms with Gasteiger partial charge in [-0.1, -0.05) is 0 Å². The molecular weight excluding hydrogens is 404 g/mol. The summed E-state index contributed by atoms with van der Waals surface area (Å²) >= 11 is 1.36. The van der Waals surface area contributed by atoms with Gasteiger partial charge in [-0.3, -0.25) is 5.10 Å². The second kappa shape index (κ2) is 8.67. The Balaban J connectivity index is 1.61. The number of aromatic amines is 1. The molecule has 2 aromatic heterocycles. The molecule has 0 amide bonds. The highest BCUT2D eigenvalue weighted by atomic mass is 32.2. The number of carboxylic acid groups (broad SMARTS) is 1. The molecule has 3 aromatic rings. The summed E-state index contributed by atoms with van der Waals surface area (Å²) in [5.74, 6) is 0.697. The van der Waals surface area contributed by atoms with Crippen LogP contribution in [0.25, 0.3) is 0 Å². The molecule has 0 aliphatic carbocycles. The maximum atomic E-state index is 11.1. The van der Waals surface area contributed by atoms with Crippen LogP contribution in [0.3, 0.4) is 0 Å². The Morgan fingerprint density at radius 3 is 2.50 bits per heavy atom. The van der Waals surface area contributed by atoms with E-state index in [9.17, 15) is 4.79 Å². The first kappa shape index (κ1) is 20.1. The summed E-state index contributed by atoms with van der Waals surface area (Å²) in [7, 11) is 2.10. The third-order valence-electron chi connectivity index (χ3n) is 4.65. The fourth-order valence-corrected chi connectivity index (χ4v) is 3.71. The lowest BCUT2D eigenvalue weighted by Crippen LogP contribution is -2.45. The molecule has 3 N–H and O–H groups in total. The first-order chi connectivity index (χ1) is 14.5. The second-order valence-corrected chi connectivity index (χ2v) is 8.07. The lowest BCUT2D eigenvalue weighted by Gasteiger charge is -2.32. The molecule has 1 fully saturated rings. The van der Waals surface area contributed by atoms with E-state index in [0.29, 0.717) is 22.9 Å². The molecule has 4 rings (SSSR count). The Labute approximate surface area is 177 Å². The number of aromatic carboxylic acids is 1. The molecule has 1 aliphatic rings. The van der Waals surface area contributed by atoms with Gasteiger partial charge in [-0.05, 0) is 50.0 Å². The zero-order valence-electron chi connectivity index (χ0n) is 16.7. The number of hydrogen-bond donors (Lipinski definition) is 3. The molecule has 0 saturated carbocycles. The number of benzene rings is 1. The molecule has 0 atom stereocenters. The van der Waals surface area contributed by atoms with Crippen molar-refractivity contribution in [3.8, 4) is 0 Å². The van der Waals surface area contributed by atoms with Crippen LogP contribution in [0, 0.1) is 6.92 Å². The highest BCUT2D eigenvalue weighted by molar-refractivity contribution is 7.99. The van der Waals surface area contributed by atoms with Gasteiger partial charge >= 0.3 is 5.97 Å². The average molecular weight is 427 g/mol. The predicted octanol–water partition coefficient (Wildman–Crippen LogP) is 2.25. The number of likely N-dealkylation sites (N-methyl/N-ethyl adjacent to an activating group) is 1. The summed E-state index contributed by atoms with van der Waals surface area (Å²) in [5, 5.41) is 19.8. The minimum atomic E-state index is -0.954. The second-order valence-electron chi connectivity index (χ2n) is 7.02. The van der Waals surface area contributed by atoms with Crippen LogP contribution < -0.4 is 10.2 Å². The average Bonchev–Trinajstić information content (AvgIpc) is 3.13. The van der Waals surface area contributed by atoms with Crippen LogP contribution >= 0.6 is 11.8 Å². The van der Waals surface area contributed by atoms with Crippen LogP contribution in [0.1, 0.15) is 16.1 Å². The molecule has 11 heteroatoms. The number of aromatic nitrogens is 5. The number of aryl methyl sites for hydroxylation is 1. The molecule has 3 heterocycles. The van der Waals surface area contributed by atoms with Crippen molar-refractivity contribution in [1.29, 1.82) is 0 Å². The van der Waals surface area contributed by atoms with E-state index in [-0.39, 0.29) is 5.56 Å². The van der Waals surface area contributed by atoms with Crippen LogP contribution in [0.2, 0.25) is 0 Å². The molecule has 10 nitrogen and oxygen atoms in total. The van der Waals surface area contributed by atoms with Crippen molar-refractivity contribution in [3.63, 3.8) is 0 Å². The van der Waals surface area contributed by atoms with E-state index in [0.717, 1.165) is 36.8 Å². The van der Waals surface area contributed by atoms with Crippen molar-refractivity contribution < 1.29 is 9.90 Å². The Kier molecular flexibility index (Phi) is 5.81. The minimum absolute atomic E-state index is 0.240. The van der Waals surface area contributed by atoms with Gasteiger partial charge < -0.3 is 20.2 Å². The molecule has 0 radical (unpaired) electrons. The van der Waals surface area contributed by atoms with Crippen molar-refractivity contribution in [3.05, 3.63) is 41.6 Å². The number of H-pyrrole nitrogens is 1. The first-order valence-electron chi connectivity index (χ1n) is 9.46. The van der Waals surface area contributed by atoms with E-state index < -0.39 is 5.97 Å². The summed E-state index contributed by atoms with van der Waals surface area (Å²) in [6, 6.07) is 8.50. The van der Waals surface area contributed by atoms with E-state index in [1.165, 1.54) is 11.8 Å². The van der Waals surface area contributed by atoms with Crippen molar-refractivity contribution >= 4 is 35.4 Å². The predicted molar refractivity (Wildman–Crippen MR) is 114 cm³/mol. The van der Waals surface area contributed by atoms with Gasteiger partial charge in [0, 0.05) is 42.8 Å². The van der Waals surface area contributed by atoms with Gasteiger partial charge in [-0.2, -0.15) is 20.1 Å². The number of carbonyl (C=O) groups is 1. The number of nitrogens with one attached hydrogen (secondary N) is 2. The lowest BCUT2D eigenvalue weighted by atomic mass is 10.2. The van der Waals surface area contributed by atoms with Crippen molar-refractivity contribution in [2.45, 2.75) is 17.0 Å². The molecule has 156 valence electrons. The number of piperazine rings is 1. The van der Waals surface area contributed by atoms with Crippen molar-refractivity contribution in [2.24, 2.45) is 0 Å². The van der Waals surface area contributed by atoms with Gasteiger partial charge in [0.05, 0.1) is 5.56 Å². The third kappa shape index (κ3) is 4.86. The molecule has 30 heavy (non-hydrogen) atoms. The topological polar surface area (TPSA) is 123 Å². The zero-order valence-corrected chi connectivity index (χ0v) is 17.5. The quantitative estimate of drug-likeness (QED) is 0.541. The van der Waals surface area contributed by atoms with E-state index >= 15 is 0 Å². The molecule has 1 aliphatic heterocycles. The molecule has 0 spiro atoms. The third-order valence-corrected chi connectivity index (χ3v) is 5.52. The van der Waals surface area contributed by atoms with Crippen molar-refractivity contribution in [1.82, 2.24) is 30.0 Å². The number of anilines is 3. The molecule has 0 bridgehead atoms. The van der Waals surface area contributed by atoms with Crippen LogP contribution in [0.15, 0.2) is 40.4 Å². The summed E-state index contributed by atoms with van der Waals surface area (Å²) in [6.07, 6.45) is 0. The van der Waals surface area contributed by atoms with Crippen molar-refractivity contribution in [2.75, 3.05) is 43.4 Å². The highest BCUT2D eigenvalue weighted by Gasteiger charge is 2.19. The zero-order chi connectivity index (χ0) is 21.1. The van der Waals surface area contributed by atoms with E-state index in [1.54, 1.807) is 24.3 Å². The van der Waals surface area contributed by atoms with Crippen LogP contribution in [0.5, 0.6) is 0 Å². The Morgan fingerprint density at radius 1 is 1.13 bits per heavy atom. The van der Waals surface area contributed by atoms with Crippen LogP contribution in [-0.4, -0.2) is 74.4 Å². The minimum Gasteiger partial charge on any atom is -0.478 e. The SMILES string of the molecule is Cc1cc(Nc2nc(Sc3ccc(C(=O)O)cc3)nc(N3CCN(C)CC3)n2)n[nH]1. The Bertz CT molecular complexity index is 1030. The first-order valence-corrected chi connectivity index (χ1v) is 10.3. The molecule has 1 aromatic carbocycles. The van der Waals surface area contributed by atoms with E-state index in [1.807, 2.05) is 13.0 Å². The van der Waals surface area contributed by atoms with Gasteiger partial charge in [0.1, 0.15) is 0 Å². The smallest absolute Gasteiger partial charge is 0.335 e. The number of rotatable bonds is 6. The number of nitrogens with zero attached hydrogens (tertiary/aromatic N) is 6. The molecule has 1 saturated heterocycles. The molecular formula is C19H22N8O2S. The van der Waals surface area contributed by atoms with Crippen LogP contribution in [0.4, 0.5) is 17.7 Å². The maximum absolute atomic E-state index is 11.1. The normalized spacial score (nSPS) is 14.7. The fraction of sp³-hybridized carbons (Fsp3) is 0.316. The monoisotopic (exact) mass is 426 g/mol. The Morgan fingerprint density at radius 2 is 1.87 bits per heavy atom. The number of hydrogen-bond acceptors (Lipinski definition) is 9. The summed E-state index contributed by atoms with van der Waals surface area (Å²) in [6.45, 7) is 5.46. The standard InChI is InChI=1S/C19H22N8O2S/c1-12-11-15(25-24-12)20-17-21-18(27-9-7-26(2)8-10-27)23-19(22-17)30-14-5-3-13(4-6-14)16(28)29/h3-6,11H,7-10H2,1-2H3,(H,28,29)(H2,20,21,22,23,24,25). The van der Waals surface area contributed by atoms with Gasteiger partial charge in [0.15, 0.2) is 11.0 Å². The maximum Gasteiger partial charge on any atom is 0.335 e. The largest absolute Gasteiger partial charge is 0.478 e. The van der Waals surface area contributed by atoms with Gasteiger partial charge in [0.2, 0.25) is 11.9 Å². The molecule has 0 unspecified atom stereocenters. The highest BCUT2D eigenvalue weighted by Crippen LogP contribution is 2.28. The summed E-state index contributed by atoms with van der Waals surface area (Å²) in [5.41, 5.74) is 1.17. The van der Waals surface area contributed by atoms with Gasteiger partial charge in [-0.25, -0.2) is 4.79 Å². The Hall–Kier alpha value is -3.18. The fourth-order valence-electron chi connectivity index (χ4n) is 2.96. The summed E-state index contributed by atoms with van der Waals surface area (Å²) in [4.78, 5) is 30.1. The number of carboxylic acids is 1. The van der Waals surface area contributed by atoms with E-state index in [4.69, 9.17) is 5.11 Å². The van der Waals surface area contributed by atoms with Gasteiger partial charge in [-0.15, -0.1) is 0 Å². The lowest BCUT2D eigenvalue weighted by molar-refractivity contribution is 0.0697. The van der Waals surface area contributed by atoms with E-state index in [2.05, 4.69) is 47.3 Å².